The highest BCUT2D eigenvalue weighted by Crippen LogP contribution is 2.29. The van der Waals surface area contributed by atoms with E-state index in [-0.39, 0.29) is 6.04 Å². The molecule has 1 N–H and O–H groups in total. The van der Waals surface area contributed by atoms with Crippen molar-refractivity contribution in [2.24, 2.45) is 0 Å². The van der Waals surface area contributed by atoms with Gasteiger partial charge in [0.2, 0.25) is 0 Å². The quantitative estimate of drug-likeness (QED) is 0.536. The summed E-state index contributed by atoms with van der Waals surface area (Å²) in [6.07, 6.45) is 0. The number of ether oxygens (including phenoxy) is 2. The second-order valence-corrected chi connectivity index (χ2v) is 6.85. The Morgan fingerprint density at radius 1 is 0.889 bits per heavy atom. The van der Waals surface area contributed by atoms with Gasteiger partial charge < -0.3 is 14.8 Å². The molecule has 1 unspecified atom stereocenters. The third-order valence-corrected chi connectivity index (χ3v) is 4.70. The maximum Gasteiger partial charge on any atom is 0.161 e. The highest BCUT2D eigenvalue weighted by atomic mass is 35.5. The summed E-state index contributed by atoms with van der Waals surface area (Å²) in [6.45, 7) is 3.39. The number of benzene rings is 3. The molecule has 0 saturated heterocycles. The van der Waals surface area contributed by atoms with Gasteiger partial charge in [-0.3, -0.25) is 0 Å². The molecule has 0 aliphatic rings. The zero-order chi connectivity index (χ0) is 19.1. The van der Waals surface area contributed by atoms with Gasteiger partial charge in [-0.1, -0.05) is 60.1 Å². The van der Waals surface area contributed by atoms with Crippen molar-refractivity contribution < 1.29 is 9.47 Å². The van der Waals surface area contributed by atoms with Gasteiger partial charge in [-0.2, -0.15) is 0 Å². The topological polar surface area (TPSA) is 30.5 Å². The van der Waals surface area contributed by atoms with E-state index in [0.29, 0.717) is 6.61 Å². The largest absolute Gasteiger partial charge is 0.493 e. The van der Waals surface area contributed by atoms with Crippen molar-refractivity contribution in [3.8, 4) is 11.5 Å². The molecule has 3 aromatic rings. The van der Waals surface area contributed by atoms with Crippen LogP contribution >= 0.6 is 11.6 Å². The fraction of sp³-hybridized carbons (Fsp3) is 0.217. The standard InChI is InChI=1S/C23H24ClNO2/c1-17(20-6-4-3-5-7-20)25-15-19-10-13-22(23(14-19)26-2)27-16-18-8-11-21(24)12-9-18/h3-14,17,25H,15-16H2,1-2H3. The Morgan fingerprint density at radius 3 is 2.30 bits per heavy atom. The molecule has 0 saturated carbocycles. The van der Waals surface area contributed by atoms with Crippen LogP contribution in [0.15, 0.2) is 72.8 Å². The van der Waals surface area contributed by atoms with Crippen molar-refractivity contribution in [3.05, 3.63) is 94.5 Å². The lowest BCUT2D eigenvalue weighted by atomic mass is 10.1. The molecule has 4 heteroatoms. The van der Waals surface area contributed by atoms with Crippen molar-refractivity contribution in [1.29, 1.82) is 0 Å². The molecule has 0 bridgehead atoms. The summed E-state index contributed by atoms with van der Waals surface area (Å²) in [7, 11) is 1.66. The van der Waals surface area contributed by atoms with Crippen LogP contribution in [0.2, 0.25) is 5.02 Å². The highest BCUT2D eigenvalue weighted by molar-refractivity contribution is 6.30. The molecule has 140 valence electrons. The first kappa shape index (κ1) is 19.3. The number of halogens is 1. The second kappa shape index (κ2) is 9.45. The average molecular weight is 382 g/mol. The van der Waals surface area contributed by atoms with Crippen molar-refractivity contribution >= 4 is 11.6 Å². The highest BCUT2D eigenvalue weighted by Gasteiger charge is 2.08. The molecule has 0 aliphatic carbocycles. The summed E-state index contributed by atoms with van der Waals surface area (Å²) in [5.41, 5.74) is 3.48. The van der Waals surface area contributed by atoms with Crippen molar-refractivity contribution in [2.45, 2.75) is 26.1 Å². The molecular formula is C23H24ClNO2. The van der Waals surface area contributed by atoms with Gasteiger partial charge in [-0.15, -0.1) is 0 Å². The SMILES string of the molecule is COc1cc(CNC(C)c2ccccc2)ccc1OCc1ccc(Cl)cc1. The summed E-state index contributed by atoms with van der Waals surface area (Å²) >= 11 is 5.92. The van der Waals surface area contributed by atoms with Crippen LogP contribution in [0.3, 0.4) is 0 Å². The van der Waals surface area contributed by atoms with E-state index in [9.17, 15) is 0 Å². The van der Waals surface area contributed by atoms with Crippen LogP contribution in [0.4, 0.5) is 0 Å². The fourth-order valence-electron chi connectivity index (χ4n) is 2.81. The predicted molar refractivity (Wildman–Crippen MR) is 110 cm³/mol. The molecule has 27 heavy (non-hydrogen) atoms. The first-order chi connectivity index (χ1) is 13.2. The van der Waals surface area contributed by atoms with Crippen LogP contribution < -0.4 is 14.8 Å². The average Bonchev–Trinajstić information content (AvgIpc) is 2.72. The molecule has 0 radical (unpaired) electrons. The Morgan fingerprint density at radius 2 is 1.59 bits per heavy atom. The third-order valence-electron chi connectivity index (χ3n) is 4.45. The normalized spacial score (nSPS) is 11.8. The molecule has 3 nitrogen and oxygen atoms in total. The Balaban J connectivity index is 1.60. The molecule has 3 rings (SSSR count). The van der Waals surface area contributed by atoms with Gasteiger partial charge in [-0.05, 0) is 47.9 Å². The number of hydrogen-bond donors (Lipinski definition) is 1. The minimum Gasteiger partial charge on any atom is -0.493 e. The molecule has 0 aromatic heterocycles. The molecule has 0 aliphatic heterocycles. The summed E-state index contributed by atoms with van der Waals surface area (Å²) < 4.78 is 11.4. The number of rotatable bonds is 8. The van der Waals surface area contributed by atoms with Gasteiger partial charge in [0.1, 0.15) is 6.61 Å². The minimum atomic E-state index is 0.276. The maximum atomic E-state index is 5.92. The zero-order valence-electron chi connectivity index (χ0n) is 15.6. The van der Waals surface area contributed by atoms with E-state index in [4.69, 9.17) is 21.1 Å². The van der Waals surface area contributed by atoms with E-state index in [1.807, 2.05) is 42.5 Å². The summed E-state index contributed by atoms with van der Waals surface area (Å²) in [4.78, 5) is 0. The van der Waals surface area contributed by atoms with Crippen LogP contribution in [0.25, 0.3) is 0 Å². The van der Waals surface area contributed by atoms with Crippen LogP contribution in [-0.2, 0) is 13.2 Å². The second-order valence-electron chi connectivity index (χ2n) is 6.41. The smallest absolute Gasteiger partial charge is 0.161 e. The van der Waals surface area contributed by atoms with E-state index in [0.717, 1.165) is 34.2 Å². The van der Waals surface area contributed by atoms with E-state index in [1.165, 1.54) is 5.56 Å². The van der Waals surface area contributed by atoms with Crippen LogP contribution in [0, 0.1) is 0 Å². The van der Waals surface area contributed by atoms with Crippen molar-refractivity contribution in [1.82, 2.24) is 5.32 Å². The lowest BCUT2D eigenvalue weighted by Crippen LogP contribution is -2.18. The summed E-state index contributed by atoms with van der Waals surface area (Å²) in [5.74, 6) is 1.46. The minimum absolute atomic E-state index is 0.276. The van der Waals surface area contributed by atoms with Gasteiger partial charge in [0.25, 0.3) is 0 Å². The van der Waals surface area contributed by atoms with Gasteiger partial charge in [0, 0.05) is 17.6 Å². The molecule has 3 aromatic carbocycles. The van der Waals surface area contributed by atoms with Gasteiger partial charge in [0.05, 0.1) is 7.11 Å². The monoisotopic (exact) mass is 381 g/mol. The van der Waals surface area contributed by atoms with Gasteiger partial charge >= 0.3 is 0 Å². The van der Waals surface area contributed by atoms with E-state index < -0.39 is 0 Å². The van der Waals surface area contributed by atoms with E-state index in [2.05, 4.69) is 42.6 Å². The third kappa shape index (κ3) is 5.49. The zero-order valence-corrected chi connectivity index (χ0v) is 16.4. The maximum absolute atomic E-state index is 5.92. The fourth-order valence-corrected chi connectivity index (χ4v) is 2.94. The Bertz CT molecular complexity index is 850. The molecular weight excluding hydrogens is 358 g/mol. The number of hydrogen-bond acceptors (Lipinski definition) is 3. The van der Waals surface area contributed by atoms with Gasteiger partial charge in [-0.25, -0.2) is 0 Å². The molecule has 0 heterocycles. The molecule has 1 atom stereocenters. The van der Waals surface area contributed by atoms with Crippen LogP contribution in [0.1, 0.15) is 29.7 Å². The van der Waals surface area contributed by atoms with E-state index >= 15 is 0 Å². The molecule has 0 amide bonds. The van der Waals surface area contributed by atoms with Crippen LogP contribution in [0.5, 0.6) is 11.5 Å². The van der Waals surface area contributed by atoms with Crippen molar-refractivity contribution in [3.63, 3.8) is 0 Å². The predicted octanol–water partition coefficient (Wildman–Crippen LogP) is 5.78. The van der Waals surface area contributed by atoms with Gasteiger partial charge in [0.15, 0.2) is 11.5 Å². The lowest BCUT2D eigenvalue weighted by Gasteiger charge is -2.16. The summed E-state index contributed by atoms with van der Waals surface area (Å²) in [6, 6.07) is 24.4. The van der Waals surface area contributed by atoms with Crippen LogP contribution in [-0.4, -0.2) is 7.11 Å². The van der Waals surface area contributed by atoms with Crippen molar-refractivity contribution in [2.75, 3.05) is 7.11 Å². The Labute approximate surface area is 165 Å². The van der Waals surface area contributed by atoms with E-state index in [1.54, 1.807) is 7.11 Å². The number of methoxy groups -OCH3 is 1. The Kier molecular flexibility index (Phi) is 6.74. The molecule has 0 spiro atoms. The first-order valence-corrected chi connectivity index (χ1v) is 9.36. The Hall–Kier alpha value is -2.49. The summed E-state index contributed by atoms with van der Waals surface area (Å²) in [5, 5.41) is 4.26. The molecule has 0 fully saturated rings. The first-order valence-electron chi connectivity index (χ1n) is 8.98. The number of nitrogens with one attached hydrogen (secondary N) is 1. The lowest BCUT2D eigenvalue weighted by molar-refractivity contribution is 0.284.